The molecule has 0 aliphatic rings. The third-order valence-electron chi connectivity index (χ3n) is 2.49. The predicted octanol–water partition coefficient (Wildman–Crippen LogP) is 2.19. The Morgan fingerprint density at radius 2 is 1.89 bits per heavy atom. The Hall–Kier alpha value is -1.81. The van der Waals surface area contributed by atoms with Crippen molar-refractivity contribution < 1.29 is 14.3 Å². The lowest BCUT2D eigenvalue weighted by atomic mass is 10.0. The van der Waals surface area contributed by atoms with Gasteiger partial charge in [-0.05, 0) is 19.1 Å². The maximum absolute atomic E-state index is 12.3. The molecule has 1 N–H and O–H groups in total. The lowest BCUT2D eigenvalue weighted by molar-refractivity contribution is -0.135. The van der Waals surface area contributed by atoms with Crippen LogP contribution in [0.4, 0.5) is 0 Å². The predicted molar refractivity (Wildman–Crippen MR) is 69.6 cm³/mol. The van der Waals surface area contributed by atoms with E-state index < -0.39 is 11.8 Å². The summed E-state index contributed by atoms with van der Waals surface area (Å²) < 4.78 is 4.62. The minimum atomic E-state index is -0.688. The van der Waals surface area contributed by atoms with E-state index in [9.17, 15) is 9.59 Å². The number of esters is 1. The maximum atomic E-state index is 12.3. The molecule has 0 heterocycles. The van der Waals surface area contributed by atoms with Gasteiger partial charge < -0.3 is 10.1 Å². The third-order valence-corrected chi connectivity index (χ3v) is 2.81. The zero-order valence-corrected chi connectivity index (χ0v) is 11.2. The van der Waals surface area contributed by atoms with Crippen molar-refractivity contribution in [2.24, 2.45) is 0 Å². The lowest BCUT2D eigenvalue weighted by Crippen LogP contribution is -2.21. The Kier molecular flexibility index (Phi) is 4.92. The smallest absolute Gasteiger partial charge is 0.343 e. The summed E-state index contributed by atoms with van der Waals surface area (Å²) in [5, 5.41) is 3.06. The van der Waals surface area contributed by atoms with Crippen LogP contribution in [-0.4, -0.2) is 25.9 Å². The van der Waals surface area contributed by atoms with Gasteiger partial charge in [-0.3, -0.25) is 4.79 Å². The first-order valence-corrected chi connectivity index (χ1v) is 5.66. The Labute approximate surface area is 111 Å². The number of methoxy groups -OCH3 is 1. The molecule has 5 heteroatoms. The van der Waals surface area contributed by atoms with E-state index in [1.165, 1.54) is 7.11 Å². The minimum absolute atomic E-state index is 0.0481. The molecule has 1 aromatic carbocycles. The molecular formula is C13H14ClNO3. The number of allylic oxidation sites excluding steroid dienone is 1. The molecule has 0 unspecified atom stereocenters. The van der Waals surface area contributed by atoms with E-state index in [1.54, 1.807) is 38.2 Å². The summed E-state index contributed by atoms with van der Waals surface area (Å²) in [6.45, 7) is 1.63. The van der Waals surface area contributed by atoms with Crippen LogP contribution < -0.4 is 5.32 Å². The second-order valence-corrected chi connectivity index (χ2v) is 3.96. The molecule has 18 heavy (non-hydrogen) atoms. The number of Topliss-reactive ketones (excluding diaryl/α,β-unsaturated/α-hetero) is 1. The second-order valence-electron chi connectivity index (χ2n) is 3.55. The summed E-state index contributed by atoms with van der Waals surface area (Å²) in [4.78, 5) is 23.9. The number of ether oxygens (including phenoxy) is 1. The van der Waals surface area contributed by atoms with E-state index in [0.29, 0.717) is 10.7 Å². The molecule has 0 aromatic heterocycles. The van der Waals surface area contributed by atoms with Gasteiger partial charge in [-0.1, -0.05) is 23.7 Å². The molecule has 1 rings (SSSR count). The van der Waals surface area contributed by atoms with Crippen molar-refractivity contribution in [1.82, 2.24) is 5.32 Å². The van der Waals surface area contributed by atoms with Crippen molar-refractivity contribution >= 4 is 23.4 Å². The summed E-state index contributed by atoms with van der Waals surface area (Å²) in [6.07, 6.45) is 0. The Bertz CT molecular complexity index is 509. The Morgan fingerprint density at radius 1 is 1.28 bits per heavy atom. The molecule has 0 saturated carbocycles. The molecule has 4 nitrogen and oxygen atoms in total. The van der Waals surface area contributed by atoms with Crippen LogP contribution in [0.1, 0.15) is 17.3 Å². The van der Waals surface area contributed by atoms with Gasteiger partial charge in [0.1, 0.15) is 5.57 Å². The molecule has 96 valence electrons. The van der Waals surface area contributed by atoms with Crippen LogP contribution in [0.5, 0.6) is 0 Å². The molecule has 0 aliphatic carbocycles. The first kappa shape index (κ1) is 14.3. The number of rotatable bonds is 4. The number of ketones is 1. The number of halogens is 1. The minimum Gasteiger partial charge on any atom is -0.465 e. The zero-order chi connectivity index (χ0) is 13.7. The molecule has 0 amide bonds. The topological polar surface area (TPSA) is 55.4 Å². The largest absolute Gasteiger partial charge is 0.465 e. The van der Waals surface area contributed by atoms with Crippen LogP contribution in [0.3, 0.4) is 0 Å². The summed E-state index contributed by atoms with van der Waals surface area (Å²) in [5.41, 5.74) is 0.661. The molecule has 0 bridgehead atoms. The fraction of sp³-hybridized carbons (Fsp3) is 0.231. The number of nitrogens with one attached hydrogen (secondary N) is 1. The van der Waals surface area contributed by atoms with Crippen LogP contribution in [0.15, 0.2) is 35.5 Å². The van der Waals surface area contributed by atoms with Crippen molar-refractivity contribution in [3.05, 3.63) is 46.1 Å². The van der Waals surface area contributed by atoms with Crippen LogP contribution in [0.2, 0.25) is 5.02 Å². The first-order valence-electron chi connectivity index (χ1n) is 5.29. The number of carbonyl (C=O) groups is 2. The molecule has 0 fully saturated rings. The van der Waals surface area contributed by atoms with Gasteiger partial charge in [0.25, 0.3) is 0 Å². The average Bonchev–Trinajstić information content (AvgIpc) is 2.38. The van der Waals surface area contributed by atoms with Gasteiger partial charge in [0, 0.05) is 18.3 Å². The SMILES string of the molecule is CNC(C)=C(C(=O)OC)C(=O)c1ccccc1Cl. The van der Waals surface area contributed by atoms with Gasteiger partial charge in [0.2, 0.25) is 5.78 Å². The van der Waals surface area contributed by atoms with Gasteiger partial charge in [-0.15, -0.1) is 0 Å². The molecule has 0 saturated heterocycles. The Balaban J connectivity index is 3.29. The highest BCUT2D eigenvalue weighted by atomic mass is 35.5. The van der Waals surface area contributed by atoms with Crippen molar-refractivity contribution in [2.75, 3.05) is 14.2 Å². The van der Waals surface area contributed by atoms with Gasteiger partial charge in [0.15, 0.2) is 0 Å². The van der Waals surface area contributed by atoms with Crippen molar-refractivity contribution in [2.45, 2.75) is 6.92 Å². The fourth-order valence-electron chi connectivity index (χ4n) is 1.42. The van der Waals surface area contributed by atoms with Gasteiger partial charge in [-0.2, -0.15) is 0 Å². The number of hydrogen-bond donors (Lipinski definition) is 1. The number of carbonyl (C=O) groups excluding carboxylic acids is 2. The molecular weight excluding hydrogens is 254 g/mol. The van der Waals surface area contributed by atoms with Crippen LogP contribution in [0, 0.1) is 0 Å². The summed E-state index contributed by atoms with van der Waals surface area (Å²) >= 11 is 5.94. The van der Waals surface area contributed by atoms with E-state index in [2.05, 4.69) is 10.1 Å². The number of benzene rings is 1. The van der Waals surface area contributed by atoms with Crippen molar-refractivity contribution in [3.63, 3.8) is 0 Å². The van der Waals surface area contributed by atoms with E-state index in [4.69, 9.17) is 11.6 Å². The lowest BCUT2D eigenvalue weighted by Gasteiger charge is -2.10. The van der Waals surface area contributed by atoms with Crippen LogP contribution >= 0.6 is 11.6 Å². The summed E-state index contributed by atoms with van der Waals surface area (Å²) in [5.74, 6) is -1.15. The van der Waals surface area contributed by atoms with Crippen LogP contribution in [-0.2, 0) is 9.53 Å². The van der Waals surface area contributed by atoms with Gasteiger partial charge in [0.05, 0.1) is 12.1 Å². The molecule has 0 radical (unpaired) electrons. The highest BCUT2D eigenvalue weighted by Crippen LogP contribution is 2.20. The normalized spacial score (nSPS) is 11.6. The van der Waals surface area contributed by atoms with E-state index in [0.717, 1.165) is 0 Å². The standard InChI is InChI=1S/C13H14ClNO3/c1-8(15-2)11(13(17)18-3)12(16)9-6-4-5-7-10(9)14/h4-7,15H,1-3H3. The van der Waals surface area contributed by atoms with E-state index >= 15 is 0 Å². The highest BCUT2D eigenvalue weighted by molar-refractivity contribution is 6.37. The highest BCUT2D eigenvalue weighted by Gasteiger charge is 2.24. The third kappa shape index (κ3) is 2.90. The van der Waals surface area contributed by atoms with E-state index in [1.807, 2.05) is 0 Å². The maximum Gasteiger partial charge on any atom is 0.343 e. The summed E-state index contributed by atoms with van der Waals surface area (Å²) in [6, 6.07) is 6.56. The first-order chi connectivity index (χ1) is 8.52. The molecule has 1 aromatic rings. The average molecular weight is 268 g/mol. The number of hydrogen-bond acceptors (Lipinski definition) is 4. The molecule has 0 atom stereocenters. The van der Waals surface area contributed by atoms with Crippen molar-refractivity contribution in [3.8, 4) is 0 Å². The fourth-order valence-corrected chi connectivity index (χ4v) is 1.64. The zero-order valence-electron chi connectivity index (χ0n) is 10.4. The van der Waals surface area contributed by atoms with Gasteiger partial charge in [-0.25, -0.2) is 4.79 Å². The molecule has 0 aliphatic heterocycles. The second kappa shape index (κ2) is 6.21. The van der Waals surface area contributed by atoms with Gasteiger partial charge >= 0.3 is 5.97 Å². The molecule has 0 spiro atoms. The van der Waals surface area contributed by atoms with Crippen LogP contribution in [0.25, 0.3) is 0 Å². The Morgan fingerprint density at radius 3 is 2.39 bits per heavy atom. The monoisotopic (exact) mass is 267 g/mol. The van der Waals surface area contributed by atoms with Crippen molar-refractivity contribution in [1.29, 1.82) is 0 Å². The van der Waals surface area contributed by atoms with E-state index in [-0.39, 0.29) is 11.1 Å². The summed E-state index contributed by atoms with van der Waals surface area (Å²) in [7, 11) is 2.85. The quantitative estimate of drug-likeness (QED) is 0.299.